The van der Waals surface area contributed by atoms with Crippen LogP contribution in [0.2, 0.25) is 0 Å². The van der Waals surface area contributed by atoms with Crippen LogP contribution in [0.4, 0.5) is 0 Å². The number of aliphatic carboxylic acids is 1. The normalized spacial score (nSPS) is 12.5. The molecule has 0 saturated carbocycles. The second-order valence-electron chi connectivity index (χ2n) is 5.47. The monoisotopic (exact) mass is 278 g/mol. The Kier molecular flexibility index (Phi) is 5.70. The van der Waals surface area contributed by atoms with E-state index in [4.69, 9.17) is 5.11 Å². The van der Waals surface area contributed by atoms with Crippen LogP contribution < -0.4 is 5.32 Å². The van der Waals surface area contributed by atoms with Crippen molar-refractivity contribution in [3.05, 3.63) is 35.4 Å². The zero-order chi connectivity index (χ0) is 15.3. The summed E-state index contributed by atoms with van der Waals surface area (Å²) >= 11 is 0. The molecule has 0 aromatic heterocycles. The third-order valence-corrected chi connectivity index (χ3v) is 2.91. The number of carboxylic acids is 1. The Balaban J connectivity index is 2.84. The van der Waals surface area contributed by atoms with Crippen LogP contribution in [0.3, 0.4) is 0 Å². The molecule has 0 aliphatic heterocycles. The maximum atomic E-state index is 12.1. The van der Waals surface area contributed by atoms with E-state index in [1.807, 2.05) is 25.1 Å². The van der Waals surface area contributed by atoms with Crippen LogP contribution in [0, 0.1) is 5.92 Å². The molecule has 0 radical (unpaired) electrons. The van der Waals surface area contributed by atoms with Crippen LogP contribution in [0.25, 0.3) is 0 Å². The van der Waals surface area contributed by atoms with Crippen molar-refractivity contribution < 1.29 is 14.7 Å². The lowest BCUT2D eigenvalue weighted by atomic mass is 10.0. The summed E-state index contributed by atoms with van der Waals surface area (Å²) in [7, 11) is 3.90. The topological polar surface area (TPSA) is 69.6 Å². The van der Waals surface area contributed by atoms with Crippen molar-refractivity contribution in [2.75, 3.05) is 14.1 Å². The smallest absolute Gasteiger partial charge is 0.326 e. The molecule has 1 rings (SSSR count). The van der Waals surface area contributed by atoms with E-state index in [0.29, 0.717) is 5.56 Å². The van der Waals surface area contributed by atoms with Crippen molar-refractivity contribution in [1.29, 1.82) is 0 Å². The van der Waals surface area contributed by atoms with Gasteiger partial charge in [-0.3, -0.25) is 4.79 Å². The molecule has 0 spiro atoms. The van der Waals surface area contributed by atoms with Crippen molar-refractivity contribution in [3.8, 4) is 0 Å². The summed E-state index contributed by atoms with van der Waals surface area (Å²) in [5, 5.41) is 11.7. The zero-order valence-corrected chi connectivity index (χ0v) is 12.4. The van der Waals surface area contributed by atoms with E-state index in [1.54, 1.807) is 32.0 Å². The van der Waals surface area contributed by atoms with Gasteiger partial charge in [0.25, 0.3) is 5.91 Å². The summed E-state index contributed by atoms with van der Waals surface area (Å²) in [6.45, 7) is 4.26. The van der Waals surface area contributed by atoms with Gasteiger partial charge in [0.05, 0.1) is 0 Å². The Bertz CT molecular complexity index is 484. The Morgan fingerprint density at radius 3 is 2.45 bits per heavy atom. The molecule has 0 aliphatic carbocycles. The first-order valence-electron chi connectivity index (χ1n) is 6.58. The van der Waals surface area contributed by atoms with Gasteiger partial charge in [-0.1, -0.05) is 26.0 Å². The number of carbonyl (C=O) groups excluding carboxylic acids is 1. The predicted octanol–water partition coefficient (Wildman–Crippen LogP) is 1.59. The van der Waals surface area contributed by atoms with Gasteiger partial charge in [0.1, 0.15) is 6.04 Å². The molecule has 0 fully saturated rings. The van der Waals surface area contributed by atoms with Gasteiger partial charge in [0.2, 0.25) is 0 Å². The highest BCUT2D eigenvalue weighted by Crippen LogP contribution is 2.09. The quantitative estimate of drug-likeness (QED) is 0.829. The number of carboxylic acid groups (broad SMARTS) is 1. The van der Waals surface area contributed by atoms with Gasteiger partial charge >= 0.3 is 5.97 Å². The van der Waals surface area contributed by atoms with Gasteiger partial charge in [-0.05, 0) is 37.7 Å². The first-order chi connectivity index (χ1) is 9.31. The third-order valence-electron chi connectivity index (χ3n) is 2.91. The molecular formula is C15H22N2O3. The van der Waals surface area contributed by atoms with Gasteiger partial charge in [0.15, 0.2) is 0 Å². The first kappa shape index (κ1) is 16.2. The summed E-state index contributed by atoms with van der Waals surface area (Å²) in [6.07, 6.45) is 0. The average Bonchev–Trinajstić information content (AvgIpc) is 2.34. The predicted molar refractivity (Wildman–Crippen MR) is 77.6 cm³/mol. The molecule has 1 aromatic carbocycles. The summed E-state index contributed by atoms with van der Waals surface area (Å²) < 4.78 is 0. The molecule has 110 valence electrons. The molecule has 0 saturated heterocycles. The lowest BCUT2D eigenvalue weighted by molar-refractivity contribution is -0.140. The summed E-state index contributed by atoms with van der Waals surface area (Å²) in [5.41, 5.74) is 1.50. The number of amides is 1. The molecule has 1 atom stereocenters. The fourth-order valence-electron chi connectivity index (χ4n) is 1.91. The van der Waals surface area contributed by atoms with E-state index in [2.05, 4.69) is 5.32 Å². The third kappa shape index (κ3) is 4.66. The molecular weight excluding hydrogens is 256 g/mol. The number of benzene rings is 1. The van der Waals surface area contributed by atoms with E-state index >= 15 is 0 Å². The molecule has 0 aliphatic rings. The fraction of sp³-hybridized carbons (Fsp3) is 0.467. The highest BCUT2D eigenvalue weighted by atomic mass is 16.4. The molecule has 0 unspecified atom stereocenters. The summed E-state index contributed by atoms with van der Waals surface area (Å²) in [5.74, 6) is -1.54. The number of rotatable bonds is 6. The van der Waals surface area contributed by atoms with E-state index < -0.39 is 12.0 Å². The van der Waals surface area contributed by atoms with Crippen LogP contribution in [0.1, 0.15) is 29.8 Å². The Hall–Kier alpha value is -1.88. The van der Waals surface area contributed by atoms with Crippen LogP contribution >= 0.6 is 0 Å². The lowest BCUT2D eigenvalue weighted by Gasteiger charge is -2.18. The van der Waals surface area contributed by atoms with Crippen LogP contribution in [0.5, 0.6) is 0 Å². The summed E-state index contributed by atoms with van der Waals surface area (Å²) in [4.78, 5) is 25.2. The molecule has 5 nitrogen and oxygen atoms in total. The summed E-state index contributed by atoms with van der Waals surface area (Å²) in [6, 6.07) is 6.34. The largest absolute Gasteiger partial charge is 0.480 e. The van der Waals surface area contributed by atoms with Gasteiger partial charge in [-0.25, -0.2) is 4.79 Å². The van der Waals surface area contributed by atoms with E-state index in [9.17, 15) is 9.59 Å². The molecule has 2 N–H and O–H groups in total. The van der Waals surface area contributed by atoms with Gasteiger partial charge < -0.3 is 15.3 Å². The minimum absolute atomic E-state index is 0.165. The number of hydrogen-bond acceptors (Lipinski definition) is 3. The minimum atomic E-state index is -1.02. The number of carbonyl (C=O) groups is 2. The average molecular weight is 278 g/mol. The fourth-order valence-corrected chi connectivity index (χ4v) is 1.91. The molecule has 1 amide bonds. The van der Waals surface area contributed by atoms with Crippen LogP contribution in [-0.4, -0.2) is 42.0 Å². The Labute approximate surface area is 119 Å². The second-order valence-corrected chi connectivity index (χ2v) is 5.47. The van der Waals surface area contributed by atoms with Gasteiger partial charge in [-0.2, -0.15) is 0 Å². The maximum Gasteiger partial charge on any atom is 0.326 e. The standard InChI is InChI=1S/C15H22N2O3/c1-10(2)13(15(19)20)16-14(18)12-7-5-6-11(8-12)9-17(3)4/h5-8,10,13H,9H2,1-4H3,(H,16,18)(H,19,20)/t13-/m0/s1. The molecule has 1 aromatic rings. The van der Waals surface area contributed by atoms with Gasteiger partial charge in [-0.15, -0.1) is 0 Å². The van der Waals surface area contributed by atoms with Crippen molar-refractivity contribution in [2.45, 2.75) is 26.4 Å². The van der Waals surface area contributed by atoms with E-state index in [-0.39, 0.29) is 11.8 Å². The second kappa shape index (κ2) is 7.05. The van der Waals surface area contributed by atoms with Crippen molar-refractivity contribution >= 4 is 11.9 Å². The van der Waals surface area contributed by atoms with Crippen LogP contribution in [0.15, 0.2) is 24.3 Å². The van der Waals surface area contributed by atoms with Crippen molar-refractivity contribution in [1.82, 2.24) is 10.2 Å². The number of nitrogens with zero attached hydrogens (tertiary/aromatic N) is 1. The van der Waals surface area contributed by atoms with Crippen molar-refractivity contribution in [2.24, 2.45) is 5.92 Å². The lowest BCUT2D eigenvalue weighted by Crippen LogP contribution is -2.44. The van der Waals surface area contributed by atoms with E-state index in [0.717, 1.165) is 12.1 Å². The van der Waals surface area contributed by atoms with Gasteiger partial charge in [0, 0.05) is 12.1 Å². The Morgan fingerprint density at radius 2 is 1.95 bits per heavy atom. The molecule has 0 bridgehead atoms. The molecule has 0 heterocycles. The molecule has 5 heteroatoms. The zero-order valence-electron chi connectivity index (χ0n) is 12.4. The highest BCUT2D eigenvalue weighted by Gasteiger charge is 2.23. The Morgan fingerprint density at radius 1 is 1.30 bits per heavy atom. The number of nitrogens with one attached hydrogen (secondary N) is 1. The van der Waals surface area contributed by atoms with Crippen LogP contribution in [-0.2, 0) is 11.3 Å². The number of hydrogen-bond donors (Lipinski definition) is 2. The highest BCUT2D eigenvalue weighted by molar-refractivity contribution is 5.96. The van der Waals surface area contributed by atoms with E-state index in [1.165, 1.54) is 0 Å². The minimum Gasteiger partial charge on any atom is -0.480 e. The van der Waals surface area contributed by atoms with Crippen molar-refractivity contribution in [3.63, 3.8) is 0 Å². The molecule has 20 heavy (non-hydrogen) atoms. The SMILES string of the molecule is CC(C)[C@H](NC(=O)c1cccc(CN(C)C)c1)C(=O)O. The first-order valence-corrected chi connectivity index (χ1v) is 6.58. The maximum absolute atomic E-state index is 12.1.